The van der Waals surface area contributed by atoms with E-state index in [1.54, 1.807) is 4.90 Å². The Morgan fingerprint density at radius 2 is 2.38 bits per heavy atom. The number of hydrogen-bond acceptors (Lipinski definition) is 5. The molecular formula is C11H15N5. The first-order valence-electron chi connectivity index (χ1n) is 5.46. The van der Waals surface area contributed by atoms with Crippen molar-refractivity contribution in [3.05, 3.63) is 12.4 Å². The van der Waals surface area contributed by atoms with Gasteiger partial charge in [0.2, 0.25) is 0 Å². The van der Waals surface area contributed by atoms with E-state index < -0.39 is 0 Å². The first kappa shape index (κ1) is 10.7. The van der Waals surface area contributed by atoms with Crippen LogP contribution in [0, 0.1) is 11.3 Å². The van der Waals surface area contributed by atoms with Gasteiger partial charge >= 0.3 is 0 Å². The molecule has 1 aromatic rings. The third-order valence-corrected chi connectivity index (χ3v) is 2.81. The number of nitrogens with zero attached hydrogens (tertiary/aromatic N) is 4. The number of nitrogens with one attached hydrogen (secondary N) is 1. The van der Waals surface area contributed by atoms with Gasteiger partial charge in [-0.25, -0.2) is 9.97 Å². The fourth-order valence-electron chi connectivity index (χ4n) is 1.58. The summed E-state index contributed by atoms with van der Waals surface area (Å²) in [5.74, 6) is 1.62. The number of rotatable bonds is 4. The molecule has 1 saturated carbocycles. The van der Waals surface area contributed by atoms with Gasteiger partial charge < -0.3 is 10.2 Å². The lowest BCUT2D eigenvalue weighted by atomic mass is 9.93. The zero-order valence-electron chi connectivity index (χ0n) is 9.35. The Hall–Kier alpha value is -1.83. The lowest BCUT2D eigenvalue weighted by Gasteiger charge is -2.27. The average molecular weight is 217 g/mol. The molecule has 0 spiro atoms. The third-order valence-electron chi connectivity index (χ3n) is 2.81. The van der Waals surface area contributed by atoms with Crippen LogP contribution in [-0.2, 0) is 0 Å². The van der Waals surface area contributed by atoms with E-state index in [4.69, 9.17) is 5.26 Å². The SMILES string of the molecule is CN(CC#N)c1cc(NC2CCC2)ncn1. The van der Waals surface area contributed by atoms with Crippen LogP contribution >= 0.6 is 0 Å². The van der Waals surface area contributed by atoms with Crippen LogP contribution in [0.3, 0.4) is 0 Å². The summed E-state index contributed by atoms with van der Waals surface area (Å²) in [6.45, 7) is 0.333. The van der Waals surface area contributed by atoms with E-state index in [-0.39, 0.29) is 0 Å². The predicted molar refractivity (Wildman–Crippen MR) is 62.2 cm³/mol. The molecule has 0 amide bonds. The Morgan fingerprint density at radius 1 is 1.56 bits per heavy atom. The molecule has 1 fully saturated rings. The normalized spacial score (nSPS) is 15.0. The van der Waals surface area contributed by atoms with Gasteiger partial charge in [-0.1, -0.05) is 0 Å². The molecule has 2 rings (SSSR count). The summed E-state index contributed by atoms with van der Waals surface area (Å²) in [6.07, 6.45) is 5.26. The summed E-state index contributed by atoms with van der Waals surface area (Å²) in [5, 5.41) is 12.0. The van der Waals surface area contributed by atoms with Gasteiger partial charge in [-0.3, -0.25) is 0 Å². The number of nitriles is 1. The molecule has 0 bridgehead atoms. The monoisotopic (exact) mass is 217 g/mol. The average Bonchev–Trinajstić information content (AvgIpc) is 2.24. The van der Waals surface area contributed by atoms with Gasteiger partial charge in [0.15, 0.2) is 0 Å². The molecule has 5 heteroatoms. The van der Waals surface area contributed by atoms with Crippen molar-refractivity contribution in [3.8, 4) is 6.07 Å². The van der Waals surface area contributed by atoms with E-state index in [0.717, 1.165) is 11.6 Å². The molecule has 0 saturated heterocycles. The fourth-order valence-corrected chi connectivity index (χ4v) is 1.58. The Kier molecular flexibility index (Phi) is 3.20. The number of hydrogen-bond donors (Lipinski definition) is 1. The molecule has 0 unspecified atom stereocenters. The van der Waals surface area contributed by atoms with Gasteiger partial charge in [-0.2, -0.15) is 5.26 Å². The lowest BCUT2D eigenvalue weighted by molar-refractivity contribution is 0.444. The smallest absolute Gasteiger partial charge is 0.134 e. The van der Waals surface area contributed by atoms with Crippen LogP contribution in [0.2, 0.25) is 0 Å². The Labute approximate surface area is 95.1 Å². The van der Waals surface area contributed by atoms with Gasteiger partial charge in [-0.15, -0.1) is 0 Å². The minimum atomic E-state index is 0.333. The van der Waals surface area contributed by atoms with Crippen LogP contribution in [-0.4, -0.2) is 29.6 Å². The molecule has 0 aliphatic heterocycles. The van der Waals surface area contributed by atoms with Crippen LogP contribution < -0.4 is 10.2 Å². The van der Waals surface area contributed by atoms with Crippen LogP contribution in [0.1, 0.15) is 19.3 Å². The topological polar surface area (TPSA) is 64.8 Å². The standard InChI is InChI=1S/C11H15N5/c1-16(6-5-12)11-7-10(13-8-14-11)15-9-3-2-4-9/h7-9H,2-4,6H2,1H3,(H,13,14,15). The molecule has 1 aromatic heterocycles. The highest BCUT2D eigenvalue weighted by molar-refractivity contribution is 5.49. The second kappa shape index (κ2) is 4.79. The van der Waals surface area contributed by atoms with Gasteiger partial charge in [0.1, 0.15) is 24.5 Å². The van der Waals surface area contributed by atoms with Crippen LogP contribution in [0.4, 0.5) is 11.6 Å². The molecule has 5 nitrogen and oxygen atoms in total. The van der Waals surface area contributed by atoms with Crippen LogP contribution in [0.5, 0.6) is 0 Å². The van der Waals surface area contributed by atoms with E-state index in [0.29, 0.717) is 12.6 Å². The van der Waals surface area contributed by atoms with E-state index in [1.807, 2.05) is 13.1 Å². The summed E-state index contributed by atoms with van der Waals surface area (Å²) >= 11 is 0. The van der Waals surface area contributed by atoms with Crippen molar-refractivity contribution < 1.29 is 0 Å². The van der Waals surface area contributed by atoms with E-state index >= 15 is 0 Å². The van der Waals surface area contributed by atoms with Crippen molar-refractivity contribution in [1.29, 1.82) is 5.26 Å². The maximum absolute atomic E-state index is 8.61. The second-order valence-electron chi connectivity index (χ2n) is 4.05. The van der Waals surface area contributed by atoms with E-state index in [1.165, 1.54) is 25.6 Å². The maximum Gasteiger partial charge on any atom is 0.134 e. The highest BCUT2D eigenvalue weighted by Crippen LogP contribution is 2.23. The summed E-state index contributed by atoms with van der Waals surface area (Å²) in [5.41, 5.74) is 0. The van der Waals surface area contributed by atoms with Crippen molar-refractivity contribution in [1.82, 2.24) is 9.97 Å². The maximum atomic E-state index is 8.61. The molecule has 0 radical (unpaired) electrons. The van der Waals surface area contributed by atoms with Crippen LogP contribution in [0.25, 0.3) is 0 Å². The largest absolute Gasteiger partial charge is 0.367 e. The summed E-state index contributed by atoms with van der Waals surface area (Å²) < 4.78 is 0. The Morgan fingerprint density at radius 3 is 3.00 bits per heavy atom. The van der Waals surface area contributed by atoms with Gasteiger partial charge in [0, 0.05) is 19.2 Å². The number of aromatic nitrogens is 2. The Balaban J connectivity index is 2.03. The van der Waals surface area contributed by atoms with Gasteiger partial charge in [0.05, 0.1) is 6.07 Å². The number of anilines is 2. The molecule has 16 heavy (non-hydrogen) atoms. The molecule has 1 aliphatic carbocycles. The molecular weight excluding hydrogens is 202 g/mol. The first-order valence-corrected chi connectivity index (χ1v) is 5.46. The van der Waals surface area contributed by atoms with Gasteiger partial charge in [0.25, 0.3) is 0 Å². The minimum Gasteiger partial charge on any atom is -0.367 e. The molecule has 1 aliphatic rings. The molecule has 84 valence electrons. The van der Waals surface area contributed by atoms with E-state index in [9.17, 15) is 0 Å². The lowest BCUT2D eigenvalue weighted by Crippen LogP contribution is -2.27. The third kappa shape index (κ3) is 2.40. The zero-order valence-corrected chi connectivity index (χ0v) is 9.35. The van der Waals surface area contributed by atoms with E-state index in [2.05, 4.69) is 21.4 Å². The summed E-state index contributed by atoms with van der Waals surface area (Å²) in [4.78, 5) is 10.1. The van der Waals surface area contributed by atoms with Crippen molar-refractivity contribution >= 4 is 11.6 Å². The Bertz CT molecular complexity index is 394. The highest BCUT2D eigenvalue weighted by atomic mass is 15.2. The highest BCUT2D eigenvalue weighted by Gasteiger charge is 2.17. The zero-order chi connectivity index (χ0) is 11.4. The predicted octanol–water partition coefficient (Wildman–Crippen LogP) is 1.40. The molecule has 0 aromatic carbocycles. The second-order valence-corrected chi connectivity index (χ2v) is 4.05. The van der Waals surface area contributed by atoms with Gasteiger partial charge in [-0.05, 0) is 19.3 Å². The molecule has 0 atom stereocenters. The van der Waals surface area contributed by atoms with Crippen molar-refractivity contribution in [3.63, 3.8) is 0 Å². The summed E-state index contributed by atoms with van der Waals surface area (Å²) in [6, 6.07) is 4.54. The first-order chi connectivity index (χ1) is 7.79. The molecule has 1 N–H and O–H groups in total. The van der Waals surface area contributed by atoms with Crippen LogP contribution in [0.15, 0.2) is 12.4 Å². The fraction of sp³-hybridized carbons (Fsp3) is 0.545. The quantitative estimate of drug-likeness (QED) is 0.772. The molecule has 1 heterocycles. The summed E-state index contributed by atoms with van der Waals surface area (Å²) in [7, 11) is 1.85. The minimum absolute atomic E-state index is 0.333. The van der Waals surface area contributed by atoms with Crippen molar-refractivity contribution in [2.45, 2.75) is 25.3 Å². The van der Waals surface area contributed by atoms with Crippen molar-refractivity contribution in [2.24, 2.45) is 0 Å². The van der Waals surface area contributed by atoms with Crippen molar-refractivity contribution in [2.75, 3.05) is 23.8 Å².